The number of unbranched alkanes of at least 4 members (excludes halogenated alkanes) is 48. The van der Waals surface area contributed by atoms with Gasteiger partial charge in [-0.25, -0.2) is 0 Å². The Hall–Kier alpha value is -3.18. The summed E-state index contributed by atoms with van der Waals surface area (Å²) in [6, 6.07) is 0. The molecule has 12 nitrogen and oxygen atoms in total. The van der Waals surface area contributed by atoms with E-state index >= 15 is 0 Å². The van der Waals surface area contributed by atoms with Gasteiger partial charge in [-0.05, 0) is 38.5 Å². The molecule has 0 N–H and O–H groups in total. The van der Waals surface area contributed by atoms with Gasteiger partial charge in [-0.1, -0.05) is 350 Å². The van der Waals surface area contributed by atoms with Gasteiger partial charge in [-0.3, -0.25) is 28.8 Å². The lowest BCUT2D eigenvalue weighted by Gasteiger charge is -2.47. The van der Waals surface area contributed by atoms with E-state index in [-0.39, 0.29) is 38.5 Å². The van der Waals surface area contributed by atoms with Gasteiger partial charge < -0.3 is 28.4 Å². The topological polar surface area (TPSA) is 158 Å². The minimum Gasteiger partial charge on any atom is -0.454 e. The predicted octanol–water partition coefficient (Wildman–Crippen LogP) is 23.0. The van der Waals surface area contributed by atoms with Crippen LogP contribution in [0.25, 0.3) is 0 Å². The fraction of sp³-hybridized carbons (Fsp3) is 0.923. The molecule has 528 valence electrons. The molecule has 0 radical (unpaired) electrons. The molecule has 0 aromatic rings. The van der Waals surface area contributed by atoms with E-state index in [0.717, 1.165) is 154 Å². The second-order valence-corrected chi connectivity index (χ2v) is 27.2. The Kier molecular flexibility index (Phi) is 59.6. The van der Waals surface area contributed by atoms with Crippen molar-refractivity contribution < 1.29 is 57.2 Å². The lowest BCUT2D eigenvalue weighted by atomic mass is 9.83. The van der Waals surface area contributed by atoms with E-state index in [2.05, 4.69) is 41.5 Å². The number of carbonyl (C=O) groups is 6. The Morgan fingerprint density at radius 1 is 0.156 bits per heavy atom. The van der Waals surface area contributed by atoms with Gasteiger partial charge in [0.1, 0.15) is 0 Å². The van der Waals surface area contributed by atoms with Crippen molar-refractivity contribution in [2.75, 3.05) is 0 Å². The summed E-state index contributed by atoms with van der Waals surface area (Å²) < 4.78 is 39.0. The van der Waals surface area contributed by atoms with E-state index in [9.17, 15) is 28.8 Å². The molecule has 90 heavy (non-hydrogen) atoms. The highest BCUT2D eigenvalue weighted by Gasteiger charge is 2.61. The van der Waals surface area contributed by atoms with E-state index < -0.39 is 72.4 Å². The summed E-state index contributed by atoms with van der Waals surface area (Å²) in [4.78, 5) is 86.8. The van der Waals surface area contributed by atoms with Crippen LogP contribution >= 0.6 is 0 Å². The zero-order chi connectivity index (χ0) is 65.6. The molecular weight excluding hydrogens is 1130 g/mol. The SMILES string of the molecule is CCCCCCCCCCCC(=O)OC1C(OC(=O)CCCCCCCCCCC)C(OC(=O)CCCCCCCCCCC)C(OC(=O)CCCCCCCCCCC)C(OC(=O)CCCCCCCCCCC)C1OC(=O)CCCCCCCCCCC. The van der Waals surface area contributed by atoms with Crippen LogP contribution in [-0.2, 0) is 57.2 Å². The first-order valence-electron chi connectivity index (χ1n) is 39.2. The van der Waals surface area contributed by atoms with Crippen molar-refractivity contribution in [1.29, 1.82) is 0 Å². The molecule has 0 atom stereocenters. The summed E-state index contributed by atoms with van der Waals surface area (Å²) in [5, 5.41) is 0. The van der Waals surface area contributed by atoms with E-state index in [4.69, 9.17) is 28.4 Å². The number of esters is 6. The van der Waals surface area contributed by atoms with Crippen LogP contribution in [0, 0.1) is 0 Å². The molecule has 0 aromatic carbocycles. The quantitative estimate of drug-likeness (QED) is 0.0323. The van der Waals surface area contributed by atoms with Gasteiger partial charge in [0.2, 0.25) is 0 Å². The molecule has 1 aliphatic carbocycles. The van der Waals surface area contributed by atoms with Crippen molar-refractivity contribution >= 4 is 35.8 Å². The van der Waals surface area contributed by atoms with Gasteiger partial charge in [0.15, 0.2) is 36.6 Å². The van der Waals surface area contributed by atoms with E-state index in [0.29, 0.717) is 38.5 Å². The Balaban J connectivity index is 3.94. The zero-order valence-corrected chi connectivity index (χ0v) is 59.8. The number of ether oxygens (including phenoxy) is 6. The Morgan fingerprint density at radius 2 is 0.244 bits per heavy atom. The standard InChI is InChI=1S/C78H144O12/c1-7-13-19-25-31-37-43-49-55-61-67(79)85-73-74(86-68(80)62-56-50-44-38-32-26-20-14-8-2)76(88-70(82)64-58-52-46-40-34-28-22-16-10-4)78(90-72(84)66-60-54-48-42-36-30-24-18-12-6)77(89-71(83)65-59-53-47-41-35-29-23-17-11-5)75(73)87-69(81)63-57-51-45-39-33-27-21-15-9-3/h73-78H,7-66H2,1-6H3. The monoisotopic (exact) mass is 1270 g/mol. The molecule has 0 heterocycles. The molecular formula is C78H144O12. The first kappa shape index (κ1) is 84.8. The van der Waals surface area contributed by atoms with Crippen molar-refractivity contribution in [3.05, 3.63) is 0 Å². The lowest BCUT2D eigenvalue weighted by molar-refractivity contribution is -0.262. The van der Waals surface area contributed by atoms with Crippen LogP contribution < -0.4 is 0 Å². The van der Waals surface area contributed by atoms with Crippen LogP contribution in [0.15, 0.2) is 0 Å². The fourth-order valence-corrected chi connectivity index (χ4v) is 12.7. The largest absolute Gasteiger partial charge is 0.454 e. The number of carbonyl (C=O) groups excluding carboxylic acids is 6. The summed E-state index contributed by atoms with van der Waals surface area (Å²) >= 11 is 0. The molecule has 0 aromatic heterocycles. The van der Waals surface area contributed by atoms with E-state index in [1.165, 1.54) is 154 Å². The summed E-state index contributed by atoms with van der Waals surface area (Å²) in [6.07, 6.45) is 47.5. The Morgan fingerprint density at radius 3 is 0.344 bits per heavy atom. The maximum atomic E-state index is 14.5. The molecule has 0 aliphatic heterocycles. The van der Waals surface area contributed by atoms with Gasteiger partial charge in [-0.2, -0.15) is 0 Å². The minimum absolute atomic E-state index is 0.0494. The van der Waals surface area contributed by atoms with E-state index in [1.807, 2.05) is 0 Å². The Bertz CT molecular complexity index is 1360. The second kappa shape index (κ2) is 63.2. The highest BCUT2D eigenvalue weighted by atomic mass is 16.7. The van der Waals surface area contributed by atoms with Crippen LogP contribution in [0.1, 0.15) is 427 Å². The summed E-state index contributed by atoms with van der Waals surface area (Å²) in [5.74, 6) is -3.57. The molecule has 1 rings (SSSR count). The molecule has 0 amide bonds. The van der Waals surface area contributed by atoms with Gasteiger partial charge in [0, 0.05) is 38.5 Å². The molecule has 12 heteroatoms. The third-order valence-electron chi connectivity index (χ3n) is 18.5. The number of hydrogen-bond donors (Lipinski definition) is 0. The van der Waals surface area contributed by atoms with Crippen molar-refractivity contribution in [2.45, 2.75) is 463 Å². The second-order valence-electron chi connectivity index (χ2n) is 27.2. The predicted molar refractivity (Wildman–Crippen MR) is 370 cm³/mol. The average molecular weight is 1270 g/mol. The third-order valence-corrected chi connectivity index (χ3v) is 18.5. The van der Waals surface area contributed by atoms with Crippen LogP contribution in [0.3, 0.4) is 0 Å². The fourth-order valence-electron chi connectivity index (χ4n) is 12.7. The van der Waals surface area contributed by atoms with Gasteiger partial charge in [0.05, 0.1) is 0 Å². The van der Waals surface area contributed by atoms with Crippen molar-refractivity contribution in [1.82, 2.24) is 0 Å². The normalized spacial score (nSPS) is 17.3. The number of rotatable bonds is 66. The third kappa shape index (κ3) is 48.5. The summed E-state index contributed by atoms with van der Waals surface area (Å²) in [7, 11) is 0. The maximum Gasteiger partial charge on any atom is 0.306 e. The first-order valence-corrected chi connectivity index (χ1v) is 39.2. The molecule has 1 fully saturated rings. The molecule has 1 aliphatic rings. The lowest BCUT2D eigenvalue weighted by Crippen LogP contribution is -2.69. The van der Waals surface area contributed by atoms with Crippen LogP contribution in [0.5, 0.6) is 0 Å². The zero-order valence-electron chi connectivity index (χ0n) is 59.8. The van der Waals surface area contributed by atoms with Crippen molar-refractivity contribution in [2.24, 2.45) is 0 Å². The van der Waals surface area contributed by atoms with Crippen LogP contribution in [0.2, 0.25) is 0 Å². The smallest absolute Gasteiger partial charge is 0.306 e. The van der Waals surface area contributed by atoms with Gasteiger partial charge in [0.25, 0.3) is 0 Å². The molecule has 0 unspecified atom stereocenters. The first-order chi connectivity index (χ1) is 44.1. The minimum atomic E-state index is -1.56. The molecule has 1 saturated carbocycles. The summed E-state index contributed by atoms with van der Waals surface area (Å²) in [6.45, 7) is 13.3. The van der Waals surface area contributed by atoms with Gasteiger partial charge in [-0.15, -0.1) is 0 Å². The van der Waals surface area contributed by atoms with Crippen molar-refractivity contribution in [3.63, 3.8) is 0 Å². The highest BCUT2D eigenvalue weighted by Crippen LogP contribution is 2.37. The molecule has 0 spiro atoms. The maximum absolute atomic E-state index is 14.5. The summed E-state index contributed by atoms with van der Waals surface area (Å²) in [5.41, 5.74) is 0. The average Bonchev–Trinajstić information content (AvgIpc) is 0.805. The van der Waals surface area contributed by atoms with Gasteiger partial charge >= 0.3 is 35.8 Å². The molecule has 0 bridgehead atoms. The highest BCUT2D eigenvalue weighted by molar-refractivity contribution is 5.74. The van der Waals surface area contributed by atoms with Crippen LogP contribution in [0.4, 0.5) is 0 Å². The Labute approximate surface area is 553 Å². The van der Waals surface area contributed by atoms with Crippen molar-refractivity contribution in [3.8, 4) is 0 Å². The molecule has 0 saturated heterocycles. The van der Waals surface area contributed by atoms with E-state index in [1.54, 1.807) is 0 Å². The number of hydrogen-bond acceptors (Lipinski definition) is 12. The van der Waals surface area contributed by atoms with Crippen LogP contribution in [-0.4, -0.2) is 72.4 Å².